The Bertz CT molecular complexity index is 384. The lowest BCUT2D eigenvalue weighted by atomic mass is 9.83. The highest BCUT2D eigenvalue weighted by Gasteiger charge is 2.32. The summed E-state index contributed by atoms with van der Waals surface area (Å²) in [5.41, 5.74) is 7.30. The molecule has 1 aliphatic heterocycles. The van der Waals surface area contributed by atoms with Gasteiger partial charge in [0.2, 0.25) is 0 Å². The first-order valence-corrected chi connectivity index (χ1v) is 5.90. The van der Waals surface area contributed by atoms with E-state index < -0.39 is 6.09 Å². The van der Waals surface area contributed by atoms with Crippen molar-refractivity contribution < 1.29 is 9.90 Å². The van der Waals surface area contributed by atoms with Crippen molar-refractivity contribution in [3.63, 3.8) is 0 Å². The molecule has 4 heteroatoms. The SMILES string of the molecule is NC1(Cc2ccccc2)CCN(C(=O)O)CC1. The lowest BCUT2D eigenvalue weighted by Crippen LogP contribution is -2.52. The third kappa shape index (κ3) is 2.97. The zero-order chi connectivity index (χ0) is 12.3. The van der Waals surface area contributed by atoms with Gasteiger partial charge >= 0.3 is 6.09 Å². The van der Waals surface area contributed by atoms with Crippen LogP contribution in [0, 0.1) is 0 Å². The summed E-state index contributed by atoms with van der Waals surface area (Å²) < 4.78 is 0. The van der Waals surface area contributed by atoms with E-state index in [4.69, 9.17) is 10.8 Å². The Balaban J connectivity index is 1.96. The van der Waals surface area contributed by atoms with Gasteiger partial charge in [0.1, 0.15) is 0 Å². The van der Waals surface area contributed by atoms with Crippen LogP contribution in [0.25, 0.3) is 0 Å². The molecule has 1 aromatic rings. The fourth-order valence-corrected chi connectivity index (χ4v) is 2.32. The van der Waals surface area contributed by atoms with Crippen LogP contribution in [0.2, 0.25) is 0 Å². The van der Waals surface area contributed by atoms with Crippen molar-refractivity contribution in [3.05, 3.63) is 35.9 Å². The Kier molecular flexibility index (Phi) is 3.33. The Morgan fingerprint density at radius 1 is 1.29 bits per heavy atom. The minimum Gasteiger partial charge on any atom is -0.465 e. The van der Waals surface area contributed by atoms with Crippen molar-refractivity contribution in [2.24, 2.45) is 5.73 Å². The van der Waals surface area contributed by atoms with E-state index in [0.29, 0.717) is 13.1 Å². The van der Waals surface area contributed by atoms with Gasteiger partial charge in [-0.2, -0.15) is 0 Å². The van der Waals surface area contributed by atoms with Crippen LogP contribution in [0.3, 0.4) is 0 Å². The van der Waals surface area contributed by atoms with Gasteiger partial charge in [-0.3, -0.25) is 0 Å². The van der Waals surface area contributed by atoms with Crippen molar-refractivity contribution >= 4 is 6.09 Å². The van der Waals surface area contributed by atoms with Crippen molar-refractivity contribution in [2.75, 3.05) is 13.1 Å². The average Bonchev–Trinajstić information content (AvgIpc) is 2.30. The van der Waals surface area contributed by atoms with Gasteiger partial charge in [0.05, 0.1) is 0 Å². The fraction of sp³-hybridized carbons (Fsp3) is 0.462. The molecule has 0 unspecified atom stereocenters. The summed E-state index contributed by atoms with van der Waals surface area (Å²) in [7, 11) is 0. The first kappa shape index (κ1) is 11.9. The Morgan fingerprint density at radius 2 is 1.88 bits per heavy atom. The van der Waals surface area contributed by atoms with E-state index >= 15 is 0 Å². The number of amides is 1. The monoisotopic (exact) mass is 234 g/mol. The molecule has 0 bridgehead atoms. The molecule has 1 heterocycles. The maximum atomic E-state index is 10.8. The number of nitrogens with two attached hydrogens (primary N) is 1. The molecule has 92 valence electrons. The molecule has 1 aromatic carbocycles. The minimum absolute atomic E-state index is 0.257. The maximum absolute atomic E-state index is 10.8. The predicted molar refractivity (Wildman–Crippen MR) is 65.9 cm³/mol. The summed E-state index contributed by atoms with van der Waals surface area (Å²) in [6.45, 7) is 1.08. The number of hydrogen-bond acceptors (Lipinski definition) is 2. The van der Waals surface area contributed by atoms with Gasteiger partial charge in [0.25, 0.3) is 0 Å². The number of benzene rings is 1. The smallest absolute Gasteiger partial charge is 0.407 e. The molecule has 1 fully saturated rings. The first-order chi connectivity index (χ1) is 8.09. The summed E-state index contributed by atoms with van der Waals surface area (Å²) in [5.74, 6) is 0. The fourth-order valence-electron chi connectivity index (χ4n) is 2.32. The highest BCUT2D eigenvalue weighted by Crippen LogP contribution is 2.23. The van der Waals surface area contributed by atoms with Crippen molar-refractivity contribution in [1.82, 2.24) is 4.90 Å². The number of carbonyl (C=O) groups is 1. The molecule has 0 saturated carbocycles. The standard InChI is InChI=1S/C13H18N2O2/c14-13(10-11-4-2-1-3-5-11)6-8-15(9-7-13)12(16)17/h1-5H,6-10,14H2,(H,16,17). The van der Waals surface area contributed by atoms with Crippen LogP contribution in [0.5, 0.6) is 0 Å². The van der Waals surface area contributed by atoms with Crippen LogP contribution < -0.4 is 5.73 Å². The number of likely N-dealkylation sites (tertiary alicyclic amines) is 1. The summed E-state index contributed by atoms with van der Waals surface area (Å²) in [6, 6.07) is 10.1. The molecule has 3 N–H and O–H groups in total. The normalized spacial score (nSPS) is 19.0. The van der Waals surface area contributed by atoms with Crippen LogP contribution in [0.1, 0.15) is 18.4 Å². The second kappa shape index (κ2) is 4.75. The van der Waals surface area contributed by atoms with Crippen molar-refractivity contribution in [3.8, 4) is 0 Å². The molecule has 0 aromatic heterocycles. The van der Waals surface area contributed by atoms with E-state index in [9.17, 15) is 4.79 Å². The summed E-state index contributed by atoms with van der Waals surface area (Å²) in [6.07, 6.45) is 1.44. The van der Waals surface area contributed by atoms with E-state index in [1.54, 1.807) is 0 Å². The second-order valence-electron chi connectivity index (χ2n) is 4.79. The largest absolute Gasteiger partial charge is 0.465 e. The number of carboxylic acid groups (broad SMARTS) is 1. The molecule has 4 nitrogen and oxygen atoms in total. The molecule has 1 amide bonds. The number of hydrogen-bond donors (Lipinski definition) is 2. The summed E-state index contributed by atoms with van der Waals surface area (Å²) in [5, 5.41) is 8.88. The van der Waals surface area contributed by atoms with E-state index in [0.717, 1.165) is 19.3 Å². The summed E-state index contributed by atoms with van der Waals surface area (Å²) >= 11 is 0. The molecular formula is C13H18N2O2. The molecule has 1 saturated heterocycles. The van der Waals surface area contributed by atoms with Gasteiger partial charge in [0, 0.05) is 18.6 Å². The van der Waals surface area contributed by atoms with Crippen molar-refractivity contribution in [2.45, 2.75) is 24.8 Å². The molecule has 1 aliphatic rings. The van der Waals surface area contributed by atoms with E-state index in [1.165, 1.54) is 10.5 Å². The first-order valence-electron chi connectivity index (χ1n) is 5.90. The molecule has 0 aliphatic carbocycles. The maximum Gasteiger partial charge on any atom is 0.407 e. The van der Waals surface area contributed by atoms with Gasteiger partial charge in [-0.25, -0.2) is 4.79 Å². The highest BCUT2D eigenvalue weighted by atomic mass is 16.4. The van der Waals surface area contributed by atoms with Crippen LogP contribution in [0.4, 0.5) is 4.79 Å². The molecule has 2 rings (SSSR count). The quantitative estimate of drug-likeness (QED) is 0.818. The predicted octanol–water partition coefficient (Wildman–Crippen LogP) is 1.70. The topological polar surface area (TPSA) is 66.6 Å². The van der Waals surface area contributed by atoms with Gasteiger partial charge in [0.15, 0.2) is 0 Å². The summed E-state index contributed by atoms with van der Waals surface area (Å²) in [4.78, 5) is 12.2. The zero-order valence-electron chi connectivity index (χ0n) is 9.80. The Hall–Kier alpha value is -1.55. The van der Waals surface area contributed by atoms with Crippen LogP contribution in [-0.4, -0.2) is 34.7 Å². The van der Waals surface area contributed by atoms with Crippen LogP contribution in [-0.2, 0) is 6.42 Å². The lowest BCUT2D eigenvalue weighted by Gasteiger charge is -2.38. The molecule has 0 radical (unpaired) electrons. The van der Waals surface area contributed by atoms with Crippen LogP contribution >= 0.6 is 0 Å². The van der Waals surface area contributed by atoms with E-state index in [-0.39, 0.29) is 5.54 Å². The third-order valence-electron chi connectivity index (χ3n) is 3.43. The number of piperidine rings is 1. The van der Waals surface area contributed by atoms with Crippen molar-refractivity contribution in [1.29, 1.82) is 0 Å². The molecular weight excluding hydrogens is 216 g/mol. The van der Waals surface area contributed by atoms with E-state index in [1.807, 2.05) is 18.2 Å². The number of nitrogens with zero attached hydrogens (tertiary/aromatic N) is 1. The Labute approximate surface area is 101 Å². The van der Waals surface area contributed by atoms with Crippen LogP contribution in [0.15, 0.2) is 30.3 Å². The van der Waals surface area contributed by atoms with E-state index in [2.05, 4.69) is 12.1 Å². The number of rotatable bonds is 2. The zero-order valence-corrected chi connectivity index (χ0v) is 9.80. The minimum atomic E-state index is -0.841. The highest BCUT2D eigenvalue weighted by molar-refractivity contribution is 5.65. The average molecular weight is 234 g/mol. The van der Waals surface area contributed by atoms with Gasteiger partial charge in [-0.05, 0) is 24.8 Å². The molecule has 0 atom stereocenters. The van der Waals surface area contributed by atoms with Gasteiger partial charge < -0.3 is 15.7 Å². The second-order valence-corrected chi connectivity index (χ2v) is 4.79. The van der Waals surface area contributed by atoms with Gasteiger partial charge in [-0.1, -0.05) is 30.3 Å². The molecule has 0 spiro atoms. The van der Waals surface area contributed by atoms with Gasteiger partial charge in [-0.15, -0.1) is 0 Å². The third-order valence-corrected chi connectivity index (χ3v) is 3.43. The lowest BCUT2D eigenvalue weighted by molar-refractivity contribution is 0.117. The Morgan fingerprint density at radius 3 is 2.41 bits per heavy atom. The molecule has 17 heavy (non-hydrogen) atoms.